The van der Waals surface area contributed by atoms with E-state index in [9.17, 15) is 24.0 Å². The average molecular weight is 848 g/mol. The quantitative estimate of drug-likeness (QED) is 0.0527. The van der Waals surface area contributed by atoms with Crippen LogP contribution in [-0.4, -0.2) is 132 Å². The molecule has 2 atom stereocenters. The van der Waals surface area contributed by atoms with Crippen LogP contribution >= 0.6 is 11.8 Å². The fraction of sp³-hybridized carbons (Fsp3) is 0.881. The van der Waals surface area contributed by atoms with Gasteiger partial charge in [0, 0.05) is 70.9 Å². The second kappa shape index (κ2) is 38.7. The van der Waals surface area contributed by atoms with Crippen LogP contribution in [0.3, 0.4) is 0 Å². The van der Waals surface area contributed by atoms with Gasteiger partial charge in [0.1, 0.15) is 18.8 Å². The van der Waals surface area contributed by atoms with Crippen molar-refractivity contribution in [2.24, 2.45) is 0 Å². The van der Waals surface area contributed by atoms with Gasteiger partial charge in [0.05, 0.1) is 39.6 Å². The molecule has 1 fully saturated rings. The monoisotopic (exact) mass is 848 g/mol. The first-order valence-electron chi connectivity index (χ1n) is 21.9. The molecule has 0 aromatic carbocycles. The molecule has 58 heavy (non-hydrogen) atoms. The molecule has 0 aromatic heterocycles. The molecule has 0 aromatic rings. The van der Waals surface area contributed by atoms with Gasteiger partial charge < -0.3 is 49.1 Å². The van der Waals surface area contributed by atoms with Gasteiger partial charge in [-0.05, 0) is 19.3 Å². The van der Waals surface area contributed by atoms with E-state index in [1.165, 1.54) is 89.8 Å². The fourth-order valence-electron chi connectivity index (χ4n) is 6.00. The van der Waals surface area contributed by atoms with Gasteiger partial charge >= 0.3 is 11.9 Å². The number of carbonyl (C=O) groups is 5. The summed E-state index contributed by atoms with van der Waals surface area (Å²) in [5, 5.41) is 8.66. The van der Waals surface area contributed by atoms with E-state index in [-0.39, 0.29) is 36.4 Å². The highest BCUT2D eigenvalue weighted by Gasteiger charge is 2.23. The Morgan fingerprint density at radius 1 is 0.621 bits per heavy atom. The van der Waals surface area contributed by atoms with Gasteiger partial charge in [-0.15, -0.1) is 0 Å². The van der Waals surface area contributed by atoms with Gasteiger partial charge in [-0.3, -0.25) is 24.0 Å². The molecule has 0 spiro atoms. The van der Waals surface area contributed by atoms with Crippen LogP contribution < -0.4 is 16.0 Å². The number of esters is 2. The standard InChI is InChI=1S/C42H77N3O12S/c1-4-5-6-7-8-9-10-11-12-13-14-15-16-19-40(49)45-38(34-58-33-37(57-36(3)47)32-56-35(2)46)42(50)44-23-18-25-52-27-29-53-28-26-51-24-17-22-43-39(48)20-21-41-54-30-31-55-41/h37-38,41H,4-34H2,1-3H3,(H,43,48)(H,44,50)(H,45,49)/t37-,38+/m1/s1. The molecule has 1 aliphatic heterocycles. The number of amides is 3. The first kappa shape index (κ1) is 53.5. The van der Waals surface area contributed by atoms with Crippen molar-refractivity contribution in [1.82, 2.24) is 16.0 Å². The summed E-state index contributed by atoms with van der Waals surface area (Å²) >= 11 is 1.34. The van der Waals surface area contributed by atoms with Crippen molar-refractivity contribution in [3.63, 3.8) is 0 Å². The first-order chi connectivity index (χ1) is 28.2. The van der Waals surface area contributed by atoms with E-state index in [2.05, 4.69) is 22.9 Å². The maximum absolute atomic E-state index is 13.2. The Morgan fingerprint density at radius 3 is 1.71 bits per heavy atom. The fourth-order valence-corrected chi connectivity index (χ4v) is 7.03. The lowest BCUT2D eigenvalue weighted by molar-refractivity contribution is -0.154. The van der Waals surface area contributed by atoms with E-state index >= 15 is 0 Å². The van der Waals surface area contributed by atoms with Crippen molar-refractivity contribution in [2.75, 3.05) is 84.1 Å². The summed E-state index contributed by atoms with van der Waals surface area (Å²) in [5.41, 5.74) is 0. The van der Waals surface area contributed by atoms with Crippen LogP contribution in [0.2, 0.25) is 0 Å². The Labute approximate surface area is 352 Å². The van der Waals surface area contributed by atoms with Crippen LogP contribution in [0.5, 0.6) is 0 Å². The number of hydrogen-bond donors (Lipinski definition) is 3. The molecular formula is C42H77N3O12S. The van der Waals surface area contributed by atoms with Gasteiger partial charge in [-0.2, -0.15) is 11.8 Å². The largest absolute Gasteiger partial charge is 0.462 e. The summed E-state index contributed by atoms with van der Waals surface area (Å²) in [6, 6.07) is -0.779. The van der Waals surface area contributed by atoms with E-state index < -0.39 is 24.1 Å². The van der Waals surface area contributed by atoms with E-state index in [0.717, 1.165) is 19.3 Å². The second-order valence-electron chi connectivity index (χ2n) is 14.6. The highest BCUT2D eigenvalue weighted by Crippen LogP contribution is 2.14. The van der Waals surface area contributed by atoms with Crippen molar-refractivity contribution >= 4 is 41.4 Å². The molecule has 0 aliphatic carbocycles. The number of ether oxygens (including phenoxy) is 7. The van der Waals surface area contributed by atoms with E-state index in [4.69, 9.17) is 33.2 Å². The molecule has 1 aliphatic rings. The summed E-state index contributed by atoms with van der Waals surface area (Å²) in [6.45, 7) is 9.46. The Hall–Kier alpha value is -2.50. The summed E-state index contributed by atoms with van der Waals surface area (Å²) in [4.78, 5) is 60.7. The molecule has 0 unspecified atom stereocenters. The van der Waals surface area contributed by atoms with Gasteiger partial charge in [0.25, 0.3) is 0 Å². The van der Waals surface area contributed by atoms with Crippen molar-refractivity contribution < 1.29 is 57.1 Å². The Bertz CT molecular complexity index is 1070. The van der Waals surface area contributed by atoms with Gasteiger partial charge in [0.2, 0.25) is 17.7 Å². The lowest BCUT2D eigenvalue weighted by atomic mass is 10.0. The molecular weight excluding hydrogens is 771 g/mol. The van der Waals surface area contributed by atoms with Gasteiger partial charge in [-0.25, -0.2) is 0 Å². The van der Waals surface area contributed by atoms with Crippen molar-refractivity contribution in [3.05, 3.63) is 0 Å². The Morgan fingerprint density at radius 2 is 1.16 bits per heavy atom. The molecule has 1 rings (SSSR count). The molecule has 338 valence electrons. The minimum atomic E-state index is -0.779. The average Bonchev–Trinajstić information content (AvgIpc) is 3.72. The number of unbranched alkanes of at least 4 members (excludes halogenated alkanes) is 12. The summed E-state index contributed by atoms with van der Waals surface area (Å²) in [5.74, 6) is -0.920. The molecule has 16 heteroatoms. The molecule has 0 bridgehead atoms. The van der Waals surface area contributed by atoms with E-state index in [1.807, 2.05) is 0 Å². The van der Waals surface area contributed by atoms with Gasteiger partial charge in [-0.1, -0.05) is 84.0 Å². The minimum Gasteiger partial charge on any atom is -0.462 e. The van der Waals surface area contributed by atoms with Crippen LogP contribution in [0.25, 0.3) is 0 Å². The van der Waals surface area contributed by atoms with E-state index in [1.54, 1.807) is 0 Å². The van der Waals surface area contributed by atoms with Gasteiger partial charge in [0.15, 0.2) is 6.29 Å². The maximum Gasteiger partial charge on any atom is 0.303 e. The predicted octanol–water partition coefficient (Wildman–Crippen LogP) is 5.40. The molecule has 0 saturated carbocycles. The number of carbonyl (C=O) groups excluding carboxylic acids is 5. The van der Waals surface area contributed by atoms with Crippen LogP contribution in [0.15, 0.2) is 0 Å². The summed E-state index contributed by atoms with van der Waals surface area (Å²) in [6.07, 6.45) is 17.5. The topological polar surface area (TPSA) is 186 Å². The third kappa shape index (κ3) is 34.4. The zero-order valence-electron chi connectivity index (χ0n) is 36.0. The normalized spacial score (nSPS) is 13.8. The van der Waals surface area contributed by atoms with Crippen molar-refractivity contribution in [2.45, 2.75) is 155 Å². The first-order valence-corrected chi connectivity index (χ1v) is 23.0. The van der Waals surface area contributed by atoms with Crippen LogP contribution in [0, 0.1) is 0 Å². The van der Waals surface area contributed by atoms with Crippen molar-refractivity contribution in [1.29, 1.82) is 0 Å². The second-order valence-corrected chi connectivity index (χ2v) is 15.7. The SMILES string of the molecule is CCCCCCCCCCCCCCCC(=O)N[C@@H](CSC[C@@H](COC(C)=O)OC(C)=O)C(=O)NCCCOCCOCCOCCCNC(=O)CCC1OCCO1. The zero-order valence-corrected chi connectivity index (χ0v) is 36.8. The molecule has 15 nitrogen and oxygen atoms in total. The highest BCUT2D eigenvalue weighted by atomic mass is 32.2. The molecule has 3 N–H and O–H groups in total. The maximum atomic E-state index is 13.2. The van der Waals surface area contributed by atoms with Crippen LogP contribution in [0.1, 0.15) is 136 Å². The number of rotatable bonds is 40. The predicted molar refractivity (Wildman–Crippen MR) is 224 cm³/mol. The van der Waals surface area contributed by atoms with Crippen LogP contribution in [-0.2, 0) is 57.1 Å². The van der Waals surface area contributed by atoms with Crippen LogP contribution in [0.4, 0.5) is 0 Å². The molecule has 1 saturated heterocycles. The number of hydrogen-bond acceptors (Lipinski definition) is 13. The summed E-state index contributed by atoms with van der Waals surface area (Å²) in [7, 11) is 0. The molecule has 3 amide bonds. The lowest BCUT2D eigenvalue weighted by Gasteiger charge is -2.20. The number of nitrogens with one attached hydrogen (secondary N) is 3. The summed E-state index contributed by atoms with van der Waals surface area (Å²) < 4.78 is 37.7. The number of thioether (sulfide) groups is 1. The minimum absolute atomic E-state index is 0.0232. The van der Waals surface area contributed by atoms with Crippen molar-refractivity contribution in [3.8, 4) is 0 Å². The Balaban J connectivity index is 2.24. The zero-order chi connectivity index (χ0) is 42.3. The Kier molecular flexibility index (Phi) is 35.7. The third-order valence-electron chi connectivity index (χ3n) is 9.15. The molecule has 0 radical (unpaired) electrons. The lowest BCUT2D eigenvalue weighted by Crippen LogP contribution is -2.48. The molecule has 1 heterocycles. The third-order valence-corrected chi connectivity index (χ3v) is 10.3. The smallest absolute Gasteiger partial charge is 0.303 e. The highest BCUT2D eigenvalue weighted by molar-refractivity contribution is 7.99. The van der Waals surface area contributed by atoms with E-state index in [0.29, 0.717) is 104 Å².